The van der Waals surface area contributed by atoms with Crippen LogP contribution >= 0.6 is 0 Å². The van der Waals surface area contributed by atoms with Gasteiger partial charge < -0.3 is 5.32 Å². The Morgan fingerprint density at radius 3 is 2.39 bits per heavy atom. The number of aromatic nitrogens is 3. The molecule has 1 aliphatic heterocycles. The van der Waals surface area contributed by atoms with Crippen LogP contribution < -0.4 is 5.32 Å². The number of hydrogen-bond donors (Lipinski definition) is 1. The van der Waals surface area contributed by atoms with Gasteiger partial charge in [-0.3, -0.25) is 23.7 Å². The number of carbonyl (C=O) groups is 3. The Balaban J connectivity index is 1.30. The van der Waals surface area contributed by atoms with Crippen LogP contribution in [0.1, 0.15) is 42.5 Å². The maximum absolute atomic E-state index is 12.7. The van der Waals surface area contributed by atoms with E-state index in [1.807, 2.05) is 24.4 Å². The van der Waals surface area contributed by atoms with Gasteiger partial charge in [0.1, 0.15) is 0 Å². The van der Waals surface area contributed by atoms with Gasteiger partial charge in [-0.2, -0.15) is 0 Å². The van der Waals surface area contributed by atoms with Crippen molar-refractivity contribution in [2.24, 2.45) is 0 Å². The molecule has 0 fully saturated rings. The van der Waals surface area contributed by atoms with E-state index < -0.39 is 0 Å². The second-order valence-electron chi connectivity index (χ2n) is 7.17. The number of imide groups is 1. The zero-order chi connectivity index (χ0) is 21.4. The summed E-state index contributed by atoms with van der Waals surface area (Å²) in [5, 5.41) is 11.0. The van der Waals surface area contributed by atoms with Crippen molar-refractivity contribution >= 4 is 23.4 Å². The molecule has 2 aromatic heterocycles. The maximum Gasteiger partial charge on any atom is 0.261 e. The molecule has 3 heterocycles. The summed E-state index contributed by atoms with van der Waals surface area (Å²) < 4.78 is 1.80. The lowest BCUT2D eigenvalue weighted by atomic mass is 10.1. The largest absolute Gasteiger partial charge is 0.345 e. The van der Waals surface area contributed by atoms with Gasteiger partial charge in [0.25, 0.3) is 17.7 Å². The van der Waals surface area contributed by atoms with E-state index in [1.165, 1.54) is 4.90 Å². The third kappa shape index (κ3) is 3.33. The van der Waals surface area contributed by atoms with Gasteiger partial charge in [0.15, 0.2) is 11.5 Å². The minimum Gasteiger partial charge on any atom is -0.345 e. The third-order valence-electron chi connectivity index (χ3n) is 5.20. The number of benzene rings is 2. The van der Waals surface area contributed by atoms with Gasteiger partial charge in [0.05, 0.1) is 24.2 Å². The van der Waals surface area contributed by atoms with Crippen molar-refractivity contribution in [2.75, 3.05) is 0 Å². The van der Waals surface area contributed by atoms with E-state index in [0.29, 0.717) is 33.7 Å². The van der Waals surface area contributed by atoms with Gasteiger partial charge in [-0.25, -0.2) is 0 Å². The number of rotatable bonds is 5. The SMILES string of the molecule is O=C(NCc1nnc2ccccn12)c1cccc(CN2C(=O)c3ccccc3C2=O)c1. The molecule has 3 amide bonds. The summed E-state index contributed by atoms with van der Waals surface area (Å²) in [6.45, 7) is 0.314. The fourth-order valence-electron chi connectivity index (χ4n) is 3.65. The van der Waals surface area contributed by atoms with Gasteiger partial charge in [-0.1, -0.05) is 30.3 Å². The molecule has 5 rings (SSSR count). The van der Waals surface area contributed by atoms with Gasteiger partial charge >= 0.3 is 0 Å². The molecule has 1 N–H and O–H groups in total. The van der Waals surface area contributed by atoms with Gasteiger partial charge in [-0.15, -0.1) is 10.2 Å². The number of amides is 3. The van der Waals surface area contributed by atoms with Gasteiger partial charge in [0, 0.05) is 11.8 Å². The van der Waals surface area contributed by atoms with E-state index in [2.05, 4.69) is 15.5 Å². The van der Waals surface area contributed by atoms with Crippen LogP contribution in [0.3, 0.4) is 0 Å². The minimum absolute atomic E-state index is 0.0995. The smallest absolute Gasteiger partial charge is 0.261 e. The zero-order valence-corrected chi connectivity index (χ0v) is 16.4. The van der Waals surface area contributed by atoms with Crippen LogP contribution in [0, 0.1) is 0 Å². The highest BCUT2D eigenvalue weighted by molar-refractivity contribution is 6.21. The molecule has 0 saturated carbocycles. The Morgan fingerprint density at radius 2 is 1.61 bits per heavy atom. The van der Waals surface area contributed by atoms with Crippen molar-refractivity contribution in [2.45, 2.75) is 13.1 Å². The molecule has 4 aromatic rings. The Bertz CT molecular complexity index is 1310. The predicted molar refractivity (Wildman–Crippen MR) is 111 cm³/mol. The molecule has 0 bridgehead atoms. The Kier molecular flexibility index (Phi) is 4.51. The quantitative estimate of drug-likeness (QED) is 0.509. The minimum atomic E-state index is -0.325. The van der Waals surface area contributed by atoms with Crippen molar-refractivity contribution < 1.29 is 14.4 Å². The second kappa shape index (κ2) is 7.49. The summed E-state index contributed by atoms with van der Waals surface area (Å²) >= 11 is 0. The molecule has 0 atom stereocenters. The molecule has 8 nitrogen and oxygen atoms in total. The van der Waals surface area contributed by atoms with Crippen molar-refractivity contribution in [3.8, 4) is 0 Å². The van der Waals surface area contributed by atoms with Crippen LogP contribution in [0.2, 0.25) is 0 Å². The first-order chi connectivity index (χ1) is 15.1. The van der Waals surface area contributed by atoms with Crippen LogP contribution in [0.5, 0.6) is 0 Å². The van der Waals surface area contributed by atoms with E-state index in [1.54, 1.807) is 52.9 Å². The average molecular weight is 411 g/mol. The topological polar surface area (TPSA) is 96.7 Å². The zero-order valence-electron chi connectivity index (χ0n) is 16.4. The third-order valence-corrected chi connectivity index (χ3v) is 5.20. The van der Waals surface area contributed by atoms with Crippen LogP contribution in [-0.2, 0) is 13.1 Å². The predicted octanol–water partition coefficient (Wildman–Crippen LogP) is 2.46. The molecule has 152 valence electrons. The second-order valence-corrected chi connectivity index (χ2v) is 7.17. The van der Waals surface area contributed by atoms with Crippen LogP contribution in [-0.4, -0.2) is 37.2 Å². The normalized spacial score (nSPS) is 13.0. The molecule has 2 aromatic carbocycles. The highest BCUT2D eigenvalue weighted by atomic mass is 16.2. The van der Waals surface area contributed by atoms with Crippen molar-refractivity contribution in [1.82, 2.24) is 24.8 Å². The number of nitrogens with zero attached hydrogens (tertiary/aromatic N) is 4. The molecule has 0 spiro atoms. The summed E-state index contributed by atoms with van der Waals surface area (Å²) in [6.07, 6.45) is 1.83. The van der Waals surface area contributed by atoms with E-state index in [4.69, 9.17) is 0 Å². The molecule has 31 heavy (non-hydrogen) atoms. The monoisotopic (exact) mass is 411 g/mol. The first-order valence-electron chi connectivity index (χ1n) is 9.73. The van der Waals surface area contributed by atoms with Gasteiger partial charge in [-0.05, 0) is 42.0 Å². The fourth-order valence-corrected chi connectivity index (χ4v) is 3.65. The summed E-state index contributed by atoms with van der Waals surface area (Å²) in [5.41, 5.74) is 2.64. The maximum atomic E-state index is 12.7. The molecule has 1 aliphatic rings. The summed E-state index contributed by atoms with van der Waals surface area (Å²) in [6, 6.07) is 19.2. The number of pyridine rings is 1. The van der Waals surface area contributed by atoms with Crippen LogP contribution in [0.4, 0.5) is 0 Å². The highest BCUT2D eigenvalue weighted by Gasteiger charge is 2.34. The first kappa shape index (κ1) is 18.7. The van der Waals surface area contributed by atoms with E-state index in [0.717, 1.165) is 0 Å². The highest BCUT2D eigenvalue weighted by Crippen LogP contribution is 2.24. The van der Waals surface area contributed by atoms with Crippen LogP contribution in [0.25, 0.3) is 5.65 Å². The fraction of sp³-hybridized carbons (Fsp3) is 0.0870. The number of fused-ring (bicyclic) bond motifs is 2. The molecule has 0 unspecified atom stereocenters. The summed E-state index contributed by atoms with van der Waals surface area (Å²) in [5.74, 6) is -0.314. The van der Waals surface area contributed by atoms with E-state index in [-0.39, 0.29) is 30.8 Å². The van der Waals surface area contributed by atoms with Gasteiger partial charge in [0.2, 0.25) is 0 Å². The lowest BCUT2D eigenvalue weighted by Gasteiger charge is -2.14. The molecular weight excluding hydrogens is 394 g/mol. The Morgan fingerprint density at radius 1 is 0.871 bits per heavy atom. The number of nitrogens with one attached hydrogen (secondary N) is 1. The lowest BCUT2D eigenvalue weighted by Crippen LogP contribution is -2.29. The van der Waals surface area contributed by atoms with E-state index >= 15 is 0 Å². The summed E-state index contributed by atoms with van der Waals surface area (Å²) in [7, 11) is 0. The van der Waals surface area contributed by atoms with Crippen molar-refractivity contribution in [3.05, 3.63) is 101 Å². The number of carbonyl (C=O) groups excluding carboxylic acids is 3. The lowest BCUT2D eigenvalue weighted by molar-refractivity contribution is 0.0642. The van der Waals surface area contributed by atoms with Crippen molar-refractivity contribution in [3.63, 3.8) is 0 Å². The average Bonchev–Trinajstić information content (AvgIpc) is 3.33. The van der Waals surface area contributed by atoms with E-state index in [9.17, 15) is 14.4 Å². The molecule has 0 aliphatic carbocycles. The van der Waals surface area contributed by atoms with Crippen LogP contribution in [0.15, 0.2) is 72.9 Å². The molecule has 8 heteroatoms. The number of hydrogen-bond acceptors (Lipinski definition) is 5. The first-order valence-corrected chi connectivity index (χ1v) is 9.73. The Hall–Kier alpha value is -4.33. The Labute approximate surface area is 177 Å². The standard InChI is InChI=1S/C23H17N5O3/c29-21(24-13-20-26-25-19-10-3-4-11-27(19)20)16-7-5-6-15(12-16)14-28-22(30)17-8-1-2-9-18(17)23(28)31/h1-12H,13-14H2,(H,24,29). The molecular formula is C23H17N5O3. The summed E-state index contributed by atoms with van der Waals surface area (Å²) in [4.78, 5) is 39.0. The molecule has 0 radical (unpaired) electrons. The van der Waals surface area contributed by atoms with Crippen molar-refractivity contribution in [1.29, 1.82) is 0 Å². The molecule has 0 saturated heterocycles.